The molecule has 1 fully saturated rings. The van der Waals surface area contributed by atoms with Gasteiger partial charge in [-0.25, -0.2) is 9.59 Å². The van der Waals surface area contributed by atoms with Gasteiger partial charge in [0.1, 0.15) is 22.9 Å². The van der Waals surface area contributed by atoms with Gasteiger partial charge in [-0.2, -0.15) is 0 Å². The molecule has 2 rings (SSSR count). The second-order valence-corrected chi connectivity index (χ2v) is 8.73. The molecule has 2 heterocycles. The van der Waals surface area contributed by atoms with Gasteiger partial charge >= 0.3 is 12.1 Å². The van der Waals surface area contributed by atoms with E-state index in [9.17, 15) is 9.59 Å². The Balaban J connectivity index is 2.07. The molecule has 0 spiro atoms. The Morgan fingerprint density at radius 3 is 2.30 bits per heavy atom. The van der Waals surface area contributed by atoms with Crippen LogP contribution in [0.1, 0.15) is 53.7 Å². The van der Waals surface area contributed by atoms with Crippen molar-refractivity contribution < 1.29 is 23.8 Å². The van der Waals surface area contributed by atoms with Gasteiger partial charge in [0.2, 0.25) is 0 Å². The fourth-order valence-corrected chi connectivity index (χ4v) is 2.70. The molecule has 27 heavy (non-hydrogen) atoms. The van der Waals surface area contributed by atoms with Crippen molar-refractivity contribution >= 4 is 12.1 Å². The number of hydrogen-bond donors (Lipinski definition) is 0. The molecule has 0 aromatic carbocycles. The van der Waals surface area contributed by atoms with Gasteiger partial charge in [-0.3, -0.25) is 9.58 Å². The van der Waals surface area contributed by atoms with Gasteiger partial charge < -0.3 is 14.2 Å². The van der Waals surface area contributed by atoms with E-state index in [2.05, 4.69) is 10.3 Å². The molecule has 9 heteroatoms. The number of aryl methyl sites for hydroxylation is 1. The van der Waals surface area contributed by atoms with Gasteiger partial charge in [0.05, 0.1) is 25.5 Å². The molecule has 0 bridgehead atoms. The van der Waals surface area contributed by atoms with Crippen molar-refractivity contribution in [3.8, 4) is 0 Å². The number of esters is 1. The highest BCUT2D eigenvalue weighted by Crippen LogP contribution is 2.26. The van der Waals surface area contributed by atoms with E-state index in [0.717, 1.165) is 0 Å². The van der Waals surface area contributed by atoms with E-state index in [4.69, 9.17) is 14.2 Å². The van der Waals surface area contributed by atoms with Crippen LogP contribution in [-0.4, -0.2) is 61.8 Å². The molecule has 0 N–H and O–H groups in total. The maximum atomic E-state index is 12.6. The van der Waals surface area contributed by atoms with Gasteiger partial charge in [-0.05, 0) is 41.5 Å². The number of hydrogen-bond acceptors (Lipinski definition) is 7. The third-order valence-corrected chi connectivity index (χ3v) is 3.69. The highest BCUT2D eigenvalue weighted by molar-refractivity contribution is 5.82. The molecule has 0 radical (unpaired) electrons. The van der Waals surface area contributed by atoms with Crippen molar-refractivity contribution in [1.82, 2.24) is 19.9 Å². The summed E-state index contributed by atoms with van der Waals surface area (Å²) in [7, 11) is 1.77. The number of nitrogens with zero attached hydrogens (tertiary/aromatic N) is 4. The third-order valence-electron chi connectivity index (χ3n) is 3.69. The van der Waals surface area contributed by atoms with Crippen LogP contribution in [0.3, 0.4) is 0 Å². The predicted molar refractivity (Wildman–Crippen MR) is 96.8 cm³/mol. The van der Waals surface area contributed by atoms with Crippen molar-refractivity contribution in [1.29, 1.82) is 0 Å². The number of amides is 1. The Morgan fingerprint density at radius 1 is 1.15 bits per heavy atom. The summed E-state index contributed by atoms with van der Waals surface area (Å²) in [5.74, 6) is -0.459. The van der Waals surface area contributed by atoms with Crippen molar-refractivity contribution in [3.05, 3.63) is 11.9 Å². The zero-order valence-corrected chi connectivity index (χ0v) is 17.2. The van der Waals surface area contributed by atoms with Crippen molar-refractivity contribution in [2.75, 3.05) is 6.54 Å². The minimum absolute atomic E-state index is 0.249. The van der Waals surface area contributed by atoms with Crippen LogP contribution in [0, 0.1) is 0 Å². The third kappa shape index (κ3) is 6.50. The molecule has 1 aliphatic rings. The fraction of sp³-hybridized carbons (Fsp3) is 0.778. The molecule has 1 aromatic heterocycles. The monoisotopic (exact) mass is 382 g/mol. The number of carbonyl (C=O) groups is 2. The lowest BCUT2D eigenvalue weighted by Crippen LogP contribution is -2.45. The van der Waals surface area contributed by atoms with E-state index in [0.29, 0.717) is 12.1 Å². The molecule has 152 valence electrons. The summed E-state index contributed by atoms with van der Waals surface area (Å²) in [6.07, 6.45) is 1.22. The number of ether oxygens (including phenoxy) is 3. The van der Waals surface area contributed by atoms with E-state index in [1.54, 1.807) is 59.5 Å². The zero-order valence-electron chi connectivity index (χ0n) is 17.2. The molecule has 2 atom stereocenters. The predicted octanol–water partition coefficient (Wildman–Crippen LogP) is 2.05. The van der Waals surface area contributed by atoms with Gasteiger partial charge in [-0.15, -0.1) is 5.10 Å². The van der Waals surface area contributed by atoms with Crippen LogP contribution >= 0.6 is 0 Å². The molecule has 1 aromatic rings. The molecule has 1 amide bonds. The lowest BCUT2D eigenvalue weighted by Gasteiger charge is -2.29. The first kappa shape index (κ1) is 21.1. The lowest BCUT2D eigenvalue weighted by molar-refractivity contribution is -0.160. The minimum Gasteiger partial charge on any atom is -0.458 e. The van der Waals surface area contributed by atoms with Crippen LogP contribution in [0.15, 0.2) is 6.20 Å². The number of carbonyl (C=O) groups excluding carboxylic acids is 2. The van der Waals surface area contributed by atoms with E-state index in [-0.39, 0.29) is 19.3 Å². The molecular formula is C18H30N4O5. The normalized spacial score (nSPS) is 20.6. The maximum absolute atomic E-state index is 12.6. The smallest absolute Gasteiger partial charge is 0.411 e. The summed E-state index contributed by atoms with van der Waals surface area (Å²) in [4.78, 5) is 26.6. The summed E-state index contributed by atoms with van der Waals surface area (Å²) in [5.41, 5.74) is -0.620. The van der Waals surface area contributed by atoms with Crippen molar-refractivity contribution in [2.45, 2.75) is 77.9 Å². The van der Waals surface area contributed by atoms with Crippen LogP contribution in [0.5, 0.6) is 0 Å². The molecule has 1 saturated heterocycles. The SMILES string of the molecule is Cn1cc(CO[C@@H]2C[C@@H](C(=O)OC(C)(C)C)N(C(=O)OC(C)(C)C)C2)nn1. The average molecular weight is 382 g/mol. The molecule has 1 aliphatic heterocycles. The largest absolute Gasteiger partial charge is 0.458 e. The maximum Gasteiger partial charge on any atom is 0.411 e. The average Bonchev–Trinajstić information content (AvgIpc) is 3.07. The van der Waals surface area contributed by atoms with Gasteiger partial charge in [0.15, 0.2) is 0 Å². The van der Waals surface area contributed by atoms with E-state index in [1.165, 1.54) is 4.90 Å². The quantitative estimate of drug-likeness (QED) is 0.735. The first-order valence-electron chi connectivity index (χ1n) is 9.03. The van der Waals surface area contributed by atoms with Crippen molar-refractivity contribution in [2.24, 2.45) is 7.05 Å². The molecule has 0 unspecified atom stereocenters. The zero-order chi connectivity index (χ0) is 20.4. The highest BCUT2D eigenvalue weighted by atomic mass is 16.6. The Bertz CT molecular complexity index is 638. The van der Waals surface area contributed by atoms with E-state index < -0.39 is 29.3 Å². The van der Waals surface area contributed by atoms with Crippen LogP contribution in [0.4, 0.5) is 4.79 Å². The Hall–Kier alpha value is -2.16. The number of rotatable bonds is 4. The summed E-state index contributed by atoms with van der Waals surface area (Å²) < 4.78 is 18.4. The first-order valence-corrected chi connectivity index (χ1v) is 9.03. The van der Waals surface area contributed by atoms with Crippen LogP contribution < -0.4 is 0 Å². The summed E-state index contributed by atoms with van der Waals surface area (Å²) in [6, 6.07) is -0.745. The second-order valence-electron chi connectivity index (χ2n) is 8.73. The van der Waals surface area contributed by atoms with Crippen LogP contribution in [-0.2, 0) is 32.7 Å². The lowest BCUT2D eigenvalue weighted by atomic mass is 10.1. The Kier molecular flexibility index (Phi) is 6.14. The second kappa shape index (κ2) is 7.84. The minimum atomic E-state index is -0.745. The van der Waals surface area contributed by atoms with Crippen LogP contribution in [0.2, 0.25) is 0 Å². The van der Waals surface area contributed by atoms with E-state index >= 15 is 0 Å². The summed E-state index contributed by atoms with van der Waals surface area (Å²) in [5, 5.41) is 7.83. The van der Waals surface area contributed by atoms with E-state index in [1.807, 2.05) is 0 Å². The molecule has 0 aliphatic carbocycles. The number of aromatic nitrogens is 3. The van der Waals surface area contributed by atoms with Gasteiger partial charge in [0, 0.05) is 13.5 Å². The van der Waals surface area contributed by atoms with Gasteiger partial charge in [-0.1, -0.05) is 5.21 Å². The number of likely N-dealkylation sites (tertiary alicyclic amines) is 1. The molecule has 0 saturated carbocycles. The Morgan fingerprint density at radius 2 is 1.78 bits per heavy atom. The Labute approximate surface area is 159 Å². The molecule has 9 nitrogen and oxygen atoms in total. The first-order chi connectivity index (χ1) is 12.3. The van der Waals surface area contributed by atoms with Crippen molar-refractivity contribution in [3.63, 3.8) is 0 Å². The van der Waals surface area contributed by atoms with Crippen LogP contribution in [0.25, 0.3) is 0 Å². The standard InChI is InChI=1S/C18H30N4O5/c1-17(2,3)26-15(23)14-8-13(25-11-12-9-21(7)20-19-12)10-22(14)16(24)27-18(4,5)6/h9,13-14H,8,10-11H2,1-7H3/t13-,14+/m1/s1. The van der Waals surface area contributed by atoms with Gasteiger partial charge in [0.25, 0.3) is 0 Å². The summed E-state index contributed by atoms with van der Waals surface area (Å²) >= 11 is 0. The topological polar surface area (TPSA) is 95.8 Å². The molecular weight excluding hydrogens is 352 g/mol. The summed E-state index contributed by atoms with van der Waals surface area (Å²) in [6.45, 7) is 11.2. The fourth-order valence-electron chi connectivity index (χ4n) is 2.70. The highest BCUT2D eigenvalue weighted by Gasteiger charge is 2.43.